The van der Waals surface area contributed by atoms with Crippen molar-refractivity contribution < 1.29 is 4.79 Å². The second-order valence-electron chi connectivity index (χ2n) is 3.67. The molecule has 2 aromatic heterocycles. The van der Waals surface area contributed by atoms with E-state index in [1.807, 2.05) is 30.3 Å². The third-order valence-electron chi connectivity index (χ3n) is 2.54. The first-order chi connectivity index (χ1) is 8.84. The zero-order valence-electron chi connectivity index (χ0n) is 9.29. The van der Waals surface area contributed by atoms with E-state index >= 15 is 0 Å². The topological polar surface area (TPSA) is 83.6 Å². The monoisotopic (exact) mass is 239 g/mol. The lowest BCUT2D eigenvalue weighted by molar-refractivity contribution is 0.102. The number of nitrogens with one attached hydrogen (secondary N) is 2. The number of amides is 1. The zero-order valence-corrected chi connectivity index (χ0v) is 9.29. The number of aromatic amines is 1. The van der Waals surface area contributed by atoms with E-state index in [9.17, 15) is 4.79 Å². The van der Waals surface area contributed by atoms with Crippen LogP contribution in [0.25, 0.3) is 10.8 Å². The van der Waals surface area contributed by atoms with Gasteiger partial charge in [-0.15, -0.1) is 0 Å². The highest BCUT2D eigenvalue weighted by Gasteiger charge is 2.12. The van der Waals surface area contributed by atoms with E-state index in [1.54, 1.807) is 6.20 Å². The first-order valence-electron chi connectivity index (χ1n) is 5.35. The molecule has 0 saturated heterocycles. The second-order valence-corrected chi connectivity index (χ2v) is 3.67. The minimum Gasteiger partial charge on any atom is -0.289 e. The predicted molar refractivity (Wildman–Crippen MR) is 66.1 cm³/mol. The first-order valence-corrected chi connectivity index (χ1v) is 5.35. The molecule has 0 spiro atoms. The Balaban J connectivity index is 2.01. The first kappa shape index (κ1) is 10.4. The lowest BCUT2D eigenvalue weighted by atomic mass is 10.1. The van der Waals surface area contributed by atoms with E-state index in [0.29, 0.717) is 11.6 Å². The van der Waals surface area contributed by atoms with E-state index in [4.69, 9.17) is 0 Å². The highest BCUT2D eigenvalue weighted by molar-refractivity contribution is 6.10. The van der Waals surface area contributed by atoms with E-state index < -0.39 is 0 Å². The number of benzene rings is 1. The zero-order chi connectivity index (χ0) is 12.4. The lowest BCUT2D eigenvalue weighted by Crippen LogP contribution is -2.15. The number of pyridine rings is 1. The van der Waals surface area contributed by atoms with Gasteiger partial charge in [-0.3, -0.25) is 15.1 Å². The third kappa shape index (κ3) is 1.80. The van der Waals surface area contributed by atoms with Crippen LogP contribution in [0.5, 0.6) is 0 Å². The quantitative estimate of drug-likeness (QED) is 0.711. The molecule has 88 valence electrons. The Kier molecular flexibility index (Phi) is 2.45. The van der Waals surface area contributed by atoms with Crippen LogP contribution in [0.3, 0.4) is 0 Å². The minimum absolute atomic E-state index is 0.301. The Morgan fingerprint density at radius 1 is 1.17 bits per heavy atom. The number of hydrogen-bond donors (Lipinski definition) is 2. The van der Waals surface area contributed by atoms with Gasteiger partial charge in [0.25, 0.3) is 5.91 Å². The summed E-state index contributed by atoms with van der Waals surface area (Å²) in [6.45, 7) is 0. The number of aromatic nitrogens is 4. The van der Waals surface area contributed by atoms with Crippen molar-refractivity contribution in [1.82, 2.24) is 20.2 Å². The van der Waals surface area contributed by atoms with Crippen molar-refractivity contribution in [3.05, 3.63) is 48.5 Å². The van der Waals surface area contributed by atoms with Gasteiger partial charge in [0.1, 0.15) is 12.0 Å². The Bertz CT molecular complexity index is 687. The Morgan fingerprint density at radius 3 is 2.89 bits per heavy atom. The normalized spacial score (nSPS) is 10.4. The lowest BCUT2D eigenvalue weighted by Gasteiger charge is -2.04. The van der Waals surface area contributed by atoms with Crippen molar-refractivity contribution in [3.63, 3.8) is 0 Å². The fourth-order valence-corrected chi connectivity index (χ4v) is 1.73. The molecule has 0 unspecified atom stereocenters. The fourth-order valence-electron chi connectivity index (χ4n) is 1.73. The summed E-state index contributed by atoms with van der Waals surface area (Å²) in [6, 6.07) is 9.44. The molecule has 0 aliphatic carbocycles. The van der Waals surface area contributed by atoms with Gasteiger partial charge >= 0.3 is 0 Å². The number of carbonyl (C=O) groups excluding carboxylic acids is 1. The van der Waals surface area contributed by atoms with Crippen LogP contribution in [0.4, 0.5) is 5.95 Å². The van der Waals surface area contributed by atoms with Gasteiger partial charge in [0.15, 0.2) is 0 Å². The largest absolute Gasteiger partial charge is 0.289 e. The average molecular weight is 239 g/mol. The van der Waals surface area contributed by atoms with Crippen LogP contribution >= 0.6 is 0 Å². The molecule has 0 fully saturated rings. The molecule has 0 atom stereocenters. The molecule has 0 aliphatic heterocycles. The number of carbonyl (C=O) groups is 1. The number of hydrogen-bond acceptors (Lipinski definition) is 4. The average Bonchev–Trinajstić information content (AvgIpc) is 2.91. The molecule has 1 amide bonds. The van der Waals surface area contributed by atoms with Crippen LogP contribution in [0.15, 0.2) is 42.9 Å². The molecule has 0 bridgehead atoms. The molecule has 1 aromatic carbocycles. The summed E-state index contributed by atoms with van der Waals surface area (Å²) in [5.74, 6) is -0.0155. The number of rotatable bonds is 2. The van der Waals surface area contributed by atoms with Gasteiger partial charge in [0.2, 0.25) is 5.95 Å². The van der Waals surface area contributed by atoms with Gasteiger partial charge in [-0.25, -0.2) is 5.10 Å². The molecule has 3 aromatic rings. The molecule has 3 rings (SSSR count). The van der Waals surface area contributed by atoms with E-state index in [0.717, 1.165) is 10.8 Å². The maximum atomic E-state index is 12.1. The molecule has 0 radical (unpaired) electrons. The summed E-state index contributed by atoms with van der Waals surface area (Å²) in [5.41, 5.74) is 0.365. The van der Waals surface area contributed by atoms with Crippen LogP contribution in [-0.4, -0.2) is 26.1 Å². The standard InChI is InChI=1S/C12H9N5O/c18-11(16-12-14-7-15-17-12)10-9-4-2-1-3-8(9)5-6-13-10/h1-7H,(H2,14,15,16,17,18). The van der Waals surface area contributed by atoms with Crippen LogP contribution < -0.4 is 5.32 Å². The smallest absolute Gasteiger partial charge is 0.277 e. The maximum absolute atomic E-state index is 12.1. The van der Waals surface area contributed by atoms with Gasteiger partial charge in [0.05, 0.1) is 0 Å². The van der Waals surface area contributed by atoms with Crippen LogP contribution in [0.1, 0.15) is 10.5 Å². The van der Waals surface area contributed by atoms with Gasteiger partial charge in [-0.1, -0.05) is 24.3 Å². The second kappa shape index (κ2) is 4.25. The van der Waals surface area contributed by atoms with E-state index in [1.165, 1.54) is 6.33 Å². The van der Waals surface area contributed by atoms with Crippen molar-refractivity contribution in [2.45, 2.75) is 0 Å². The van der Waals surface area contributed by atoms with E-state index in [-0.39, 0.29) is 5.91 Å². The highest BCUT2D eigenvalue weighted by Crippen LogP contribution is 2.16. The van der Waals surface area contributed by atoms with Gasteiger partial charge in [-0.05, 0) is 11.5 Å². The minimum atomic E-state index is -0.316. The van der Waals surface area contributed by atoms with Crippen LogP contribution in [-0.2, 0) is 0 Å². The maximum Gasteiger partial charge on any atom is 0.277 e. The Hall–Kier alpha value is -2.76. The van der Waals surface area contributed by atoms with Crippen LogP contribution in [0, 0.1) is 0 Å². The Labute approximate surface area is 102 Å². The summed E-state index contributed by atoms with van der Waals surface area (Å²) >= 11 is 0. The molecule has 2 N–H and O–H groups in total. The number of anilines is 1. The highest BCUT2D eigenvalue weighted by atomic mass is 16.2. The van der Waals surface area contributed by atoms with Gasteiger partial charge in [-0.2, -0.15) is 10.1 Å². The summed E-state index contributed by atoms with van der Waals surface area (Å²) in [7, 11) is 0. The van der Waals surface area contributed by atoms with Crippen molar-refractivity contribution in [2.75, 3.05) is 5.32 Å². The molecule has 0 aliphatic rings. The van der Waals surface area contributed by atoms with Gasteiger partial charge < -0.3 is 0 Å². The number of fused-ring (bicyclic) bond motifs is 1. The summed E-state index contributed by atoms with van der Waals surface area (Å²) in [6.07, 6.45) is 2.93. The number of nitrogens with zero attached hydrogens (tertiary/aromatic N) is 3. The van der Waals surface area contributed by atoms with Crippen LogP contribution in [0.2, 0.25) is 0 Å². The summed E-state index contributed by atoms with van der Waals surface area (Å²) in [4.78, 5) is 20.0. The molecule has 6 heteroatoms. The third-order valence-corrected chi connectivity index (χ3v) is 2.54. The number of H-pyrrole nitrogens is 1. The fraction of sp³-hybridized carbons (Fsp3) is 0. The molecular weight excluding hydrogens is 230 g/mol. The predicted octanol–water partition coefficient (Wildman–Crippen LogP) is 1.61. The van der Waals surface area contributed by atoms with E-state index in [2.05, 4.69) is 25.5 Å². The summed E-state index contributed by atoms with van der Waals surface area (Å²) < 4.78 is 0. The summed E-state index contributed by atoms with van der Waals surface area (Å²) in [5, 5.41) is 10.6. The SMILES string of the molecule is O=C(Nc1ncn[nH]1)c1nccc2ccccc12. The molecule has 18 heavy (non-hydrogen) atoms. The van der Waals surface area contributed by atoms with Crippen molar-refractivity contribution in [1.29, 1.82) is 0 Å². The molecule has 0 saturated carbocycles. The molecule has 2 heterocycles. The van der Waals surface area contributed by atoms with Gasteiger partial charge in [0, 0.05) is 11.6 Å². The Morgan fingerprint density at radius 2 is 2.06 bits per heavy atom. The van der Waals surface area contributed by atoms with Crippen molar-refractivity contribution >= 4 is 22.6 Å². The molecular formula is C12H9N5O. The molecule has 6 nitrogen and oxygen atoms in total. The van der Waals surface area contributed by atoms with Crippen molar-refractivity contribution in [2.24, 2.45) is 0 Å². The van der Waals surface area contributed by atoms with Crippen molar-refractivity contribution in [3.8, 4) is 0 Å².